The molecule has 0 amide bonds. The minimum atomic E-state index is 0.631. The van der Waals surface area contributed by atoms with Gasteiger partial charge in [-0.2, -0.15) is 0 Å². The van der Waals surface area contributed by atoms with Crippen molar-refractivity contribution in [3.05, 3.63) is 0 Å². The fourth-order valence-electron chi connectivity index (χ4n) is 3.48. The van der Waals surface area contributed by atoms with E-state index in [0.29, 0.717) is 5.41 Å². The predicted molar refractivity (Wildman–Crippen MR) is 61.9 cm³/mol. The van der Waals surface area contributed by atoms with Crippen molar-refractivity contribution in [2.24, 2.45) is 16.3 Å². The first-order chi connectivity index (χ1) is 7.36. The molecule has 0 aromatic carbocycles. The van der Waals surface area contributed by atoms with E-state index in [9.17, 15) is 0 Å². The van der Waals surface area contributed by atoms with Gasteiger partial charge < -0.3 is 10.6 Å². The first kappa shape index (κ1) is 9.49. The molecule has 0 radical (unpaired) electrons. The van der Waals surface area contributed by atoms with Crippen molar-refractivity contribution in [3.63, 3.8) is 0 Å². The summed E-state index contributed by atoms with van der Waals surface area (Å²) in [4.78, 5) is 4.46. The lowest BCUT2D eigenvalue weighted by Crippen LogP contribution is -2.44. The number of fused-ring (bicyclic) bond motifs is 2. The zero-order valence-electron chi connectivity index (χ0n) is 9.39. The average molecular weight is 207 g/mol. The third-order valence-electron chi connectivity index (χ3n) is 4.42. The minimum absolute atomic E-state index is 0.631. The van der Waals surface area contributed by atoms with Gasteiger partial charge in [-0.15, -0.1) is 0 Å². The third-order valence-corrected chi connectivity index (χ3v) is 4.42. The molecule has 2 bridgehead atoms. The van der Waals surface area contributed by atoms with Gasteiger partial charge in [0.15, 0.2) is 5.96 Å². The van der Waals surface area contributed by atoms with Gasteiger partial charge >= 0.3 is 0 Å². The predicted octanol–water partition coefficient (Wildman–Crippen LogP) is 1.51. The molecule has 3 rings (SSSR count). The topological polar surface area (TPSA) is 36.4 Å². The Morgan fingerprint density at radius 3 is 2.87 bits per heavy atom. The molecule has 3 aliphatic rings. The van der Waals surface area contributed by atoms with Crippen LogP contribution in [0, 0.1) is 11.3 Å². The second kappa shape index (κ2) is 3.69. The molecule has 2 aliphatic carbocycles. The number of rotatable bonds is 2. The summed E-state index contributed by atoms with van der Waals surface area (Å²) in [5.41, 5.74) is 0.631. The summed E-state index contributed by atoms with van der Waals surface area (Å²) < 4.78 is 0. The Bertz CT molecular complexity index is 264. The molecule has 0 aromatic heterocycles. The molecule has 2 N–H and O–H groups in total. The van der Waals surface area contributed by atoms with Crippen LogP contribution < -0.4 is 10.6 Å². The first-order valence-corrected chi connectivity index (χ1v) is 6.39. The summed E-state index contributed by atoms with van der Waals surface area (Å²) in [6.45, 7) is 3.22. The molecule has 84 valence electrons. The molecule has 0 aromatic rings. The lowest BCUT2D eigenvalue weighted by molar-refractivity contribution is 0.293. The van der Waals surface area contributed by atoms with Crippen molar-refractivity contribution in [3.8, 4) is 0 Å². The van der Waals surface area contributed by atoms with Crippen molar-refractivity contribution in [1.82, 2.24) is 10.6 Å². The highest BCUT2D eigenvalue weighted by atomic mass is 15.2. The SMILES string of the molecule is C1CN=C(NCC23CCC(CC2)C3)NC1. The van der Waals surface area contributed by atoms with E-state index in [2.05, 4.69) is 15.6 Å². The summed E-state index contributed by atoms with van der Waals surface area (Å²) in [5.74, 6) is 2.10. The summed E-state index contributed by atoms with van der Waals surface area (Å²) >= 11 is 0. The quantitative estimate of drug-likeness (QED) is 0.720. The maximum Gasteiger partial charge on any atom is 0.191 e. The Kier molecular flexibility index (Phi) is 2.33. The molecule has 1 aliphatic heterocycles. The fourth-order valence-corrected chi connectivity index (χ4v) is 3.48. The highest BCUT2D eigenvalue weighted by Gasteiger charge is 2.44. The fraction of sp³-hybridized carbons (Fsp3) is 0.917. The van der Waals surface area contributed by atoms with Crippen LogP contribution in [0.1, 0.15) is 38.5 Å². The number of guanidine groups is 1. The average Bonchev–Trinajstić information content (AvgIpc) is 2.89. The van der Waals surface area contributed by atoms with Crippen LogP contribution >= 0.6 is 0 Å². The lowest BCUT2D eigenvalue weighted by Gasteiger charge is -2.28. The minimum Gasteiger partial charge on any atom is -0.356 e. The van der Waals surface area contributed by atoms with E-state index >= 15 is 0 Å². The summed E-state index contributed by atoms with van der Waals surface area (Å²) in [6, 6.07) is 0. The van der Waals surface area contributed by atoms with E-state index in [-0.39, 0.29) is 0 Å². The van der Waals surface area contributed by atoms with E-state index in [1.165, 1.54) is 38.5 Å². The van der Waals surface area contributed by atoms with Crippen LogP contribution in [-0.2, 0) is 0 Å². The molecule has 1 heterocycles. The van der Waals surface area contributed by atoms with E-state index in [4.69, 9.17) is 0 Å². The van der Waals surface area contributed by atoms with E-state index < -0.39 is 0 Å². The smallest absolute Gasteiger partial charge is 0.191 e. The van der Waals surface area contributed by atoms with Crippen LogP contribution in [0.25, 0.3) is 0 Å². The van der Waals surface area contributed by atoms with Crippen LogP contribution in [0.3, 0.4) is 0 Å². The molecule has 0 atom stereocenters. The molecule has 0 spiro atoms. The molecule has 3 heteroatoms. The Hall–Kier alpha value is -0.730. The standard InChI is InChI=1S/C12H21N3/c1-6-13-11(14-7-1)15-9-12-4-2-10(8-12)3-5-12/h10H,1-9H2,(H2,13,14,15). The van der Waals surface area contributed by atoms with E-state index in [1.807, 2.05) is 0 Å². The third kappa shape index (κ3) is 1.84. The van der Waals surface area contributed by atoms with Crippen molar-refractivity contribution in [1.29, 1.82) is 0 Å². The van der Waals surface area contributed by atoms with Crippen molar-refractivity contribution >= 4 is 5.96 Å². The Balaban J connectivity index is 1.55. The normalized spacial score (nSPS) is 38.7. The van der Waals surface area contributed by atoms with E-state index in [0.717, 1.165) is 31.5 Å². The molecule has 0 unspecified atom stereocenters. The number of nitrogens with zero attached hydrogens (tertiary/aromatic N) is 1. The van der Waals surface area contributed by atoms with Crippen molar-refractivity contribution in [2.45, 2.75) is 38.5 Å². The van der Waals surface area contributed by atoms with Gasteiger partial charge in [-0.3, -0.25) is 4.99 Å². The number of nitrogens with one attached hydrogen (secondary N) is 2. The van der Waals surface area contributed by atoms with Crippen LogP contribution in [0.2, 0.25) is 0 Å². The van der Waals surface area contributed by atoms with Crippen LogP contribution in [-0.4, -0.2) is 25.6 Å². The second-order valence-corrected chi connectivity index (χ2v) is 5.51. The van der Waals surface area contributed by atoms with Gasteiger partial charge in [-0.1, -0.05) is 0 Å². The largest absolute Gasteiger partial charge is 0.356 e. The maximum absolute atomic E-state index is 4.46. The van der Waals surface area contributed by atoms with Crippen LogP contribution in [0.4, 0.5) is 0 Å². The molecule has 2 fully saturated rings. The number of aliphatic imine (C=N–C) groups is 1. The Morgan fingerprint density at radius 1 is 1.40 bits per heavy atom. The monoisotopic (exact) mass is 207 g/mol. The molecule has 15 heavy (non-hydrogen) atoms. The summed E-state index contributed by atoms with van der Waals surface area (Å²) in [5, 5.41) is 6.86. The van der Waals surface area contributed by atoms with Gasteiger partial charge in [0, 0.05) is 19.6 Å². The second-order valence-electron chi connectivity index (χ2n) is 5.51. The molecule has 2 saturated carbocycles. The lowest BCUT2D eigenvalue weighted by atomic mass is 9.84. The van der Waals surface area contributed by atoms with Crippen LogP contribution in [0.5, 0.6) is 0 Å². The molecule has 3 nitrogen and oxygen atoms in total. The van der Waals surface area contributed by atoms with Gasteiger partial charge in [-0.05, 0) is 49.9 Å². The molecular formula is C12H21N3. The first-order valence-electron chi connectivity index (χ1n) is 6.39. The molecular weight excluding hydrogens is 186 g/mol. The zero-order chi connectivity index (χ0) is 10.1. The summed E-state index contributed by atoms with van der Waals surface area (Å²) in [6.07, 6.45) is 8.48. The number of hydrogen-bond acceptors (Lipinski definition) is 3. The Morgan fingerprint density at radius 2 is 2.27 bits per heavy atom. The number of hydrogen-bond donors (Lipinski definition) is 2. The van der Waals surface area contributed by atoms with Gasteiger partial charge in [0.25, 0.3) is 0 Å². The Labute approximate surface area is 91.7 Å². The van der Waals surface area contributed by atoms with Gasteiger partial charge in [0.1, 0.15) is 0 Å². The van der Waals surface area contributed by atoms with Crippen molar-refractivity contribution in [2.75, 3.05) is 19.6 Å². The zero-order valence-corrected chi connectivity index (χ0v) is 9.39. The van der Waals surface area contributed by atoms with Gasteiger partial charge in [0.05, 0.1) is 0 Å². The van der Waals surface area contributed by atoms with Crippen LogP contribution in [0.15, 0.2) is 4.99 Å². The van der Waals surface area contributed by atoms with Gasteiger partial charge in [-0.25, -0.2) is 0 Å². The maximum atomic E-state index is 4.46. The highest BCUT2D eigenvalue weighted by molar-refractivity contribution is 5.80. The van der Waals surface area contributed by atoms with Crippen molar-refractivity contribution < 1.29 is 0 Å². The van der Waals surface area contributed by atoms with E-state index in [1.54, 1.807) is 0 Å². The highest BCUT2D eigenvalue weighted by Crippen LogP contribution is 2.53. The summed E-state index contributed by atoms with van der Waals surface area (Å²) in [7, 11) is 0. The molecule has 0 saturated heterocycles. The van der Waals surface area contributed by atoms with Gasteiger partial charge in [0.2, 0.25) is 0 Å².